The van der Waals surface area contributed by atoms with Gasteiger partial charge in [0.2, 0.25) is 0 Å². The van der Waals surface area contributed by atoms with Crippen LogP contribution in [0, 0.1) is 5.92 Å². The smallest absolute Gasteiger partial charge is 0.338 e. The average Bonchev–Trinajstić information content (AvgIpc) is 2.48. The number of ether oxygens (including phenoxy) is 1. The molecule has 1 aromatic rings. The number of likely N-dealkylation sites (tertiary alicyclic amines) is 1. The van der Waals surface area contributed by atoms with E-state index in [-0.39, 0.29) is 11.9 Å². The van der Waals surface area contributed by atoms with Crippen molar-refractivity contribution in [1.29, 1.82) is 0 Å². The van der Waals surface area contributed by atoms with Crippen molar-refractivity contribution in [2.24, 2.45) is 5.92 Å². The van der Waals surface area contributed by atoms with Gasteiger partial charge in [0.15, 0.2) is 0 Å². The lowest BCUT2D eigenvalue weighted by Gasteiger charge is -2.30. The minimum absolute atomic E-state index is 0.285. The number of carbonyl (C=O) groups excluding carboxylic acids is 1. The summed E-state index contributed by atoms with van der Waals surface area (Å²) in [6.07, 6.45) is 1.64. The summed E-state index contributed by atoms with van der Waals surface area (Å²) in [6.45, 7) is 4.26. The molecule has 0 spiro atoms. The number of carboxylic acid groups (broad SMARTS) is 1. The van der Waals surface area contributed by atoms with Crippen molar-refractivity contribution in [2.45, 2.75) is 26.3 Å². The van der Waals surface area contributed by atoms with Crippen molar-refractivity contribution in [2.75, 3.05) is 19.7 Å². The van der Waals surface area contributed by atoms with Crippen molar-refractivity contribution in [3.63, 3.8) is 0 Å². The van der Waals surface area contributed by atoms with Crippen LogP contribution in [-0.2, 0) is 16.1 Å². The van der Waals surface area contributed by atoms with Crippen LogP contribution < -0.4 is 0 Å². The highest BCUT2D eigenvalue weighted by molar-refractivity contribution is 5.89. The van der Waals surface area contributed by atoms with Crippen molar-refractivity contribution in [3.05, 3.63) is 35.4 Å². The first-order valence-corrected chi connectivity index (χ1v) is 7.31. The standard InChI is InChI=1S/C16H21NO4/c1-2-21-16(20)13-6-3-5-12(9-13)10-17-8-4-7-14(11-17)15(18)19/h3,5-6,9,14H,2,4,7-8,10-11H2,1H3,(H,18,19). The van der Waals surface area contributed by atoms with E-state index in [2.05, 4.69) is 4.90 Å². The third-order valence-electron chi connectivity index (χ3n) is 3.70. The predicted octanol–water partition coefficient (Wildman–Crippen LogP) is 2.16. The first-order chi connectivity index (χ1) is 10.1. The molecule has 1 heterocycles. The molecule has 0 bridgehead atoms. The lowest BCUT2D eigenvalue weighted by atomic mass is 9.97. The van der Waals surface area contributed by atoms with Gasteiger partial charge in [-0.15, -0.1) is 0 Å². The maximum atomic E-state index is 11.7. The fourth-order valence-electron chi connectivity index (χ4n) is 2.67. The summed E-state index contributed by atoms with van der Waals surface area (Å²) >= 11 is 0. The summed E-state index contributed by atoms with van der Waals surface area (Å²) in [5.41, 5.74) is 1.55. The molecule has 1 unspecified atom stereocenters. The molecule has 1 N–H and O–H groups in total. The quantitative estimate of drug-likeness (QED) is 0.842. The molecule has 114 valence electrons. The molecule has 0 amide bonds. The van der Waals surface area contributed by atoms with E-state index in [1.54, 1.807) is 13.0 Å². The van der Waals surface area contributed by atoms with E-state index in [1.807, 2.05) is 18.2 Å². The molecule has 0 saturated carbocycles. The van der Waals surface area contributed by atoms with E-state index in [9.17, 15) is 9.59 Å². The summed E-state index contributed by atoms with van der Waals surface area (Å²) in [5.74, 6) is -1.33. The number of piperidine rings is 1. The summed E-state index contributed by atoms with van der Waals surface area (Å²) in [5, 5.41) is 9.11. The zero-order valence-corrected chi connectivity index (χ0v) is 12.2. The molecular weight excluding hydrogens is 270 g/mol. The lowest BCUT2D eigenvalue weighted by molar-refractivity contribution is -0.143. The molecule has 0 aromatic heterocycles. The summed E-state index contributed by atoms with van der Waals surface area (Å²) < 4.78 is 4.99. The zero-order valence-electron chi connectivity index (χ0n) is 12.2. The van der Waals surface area contributed by atoms with Crippen molar-refractivity contribution >= 4 is 11.9 Å². The molecule has 1 aromatic carbocycles. The number of hydrogen-bond donors (Lipinski definition) is 1. The van der Waals surface area contributed by atoms with Crippen LogP contribution in [0.25, 0.3) is 0 Å². The monoisotopic (exact) mass is 291 g/mol. The van der Waals surface area contributed by atoms with Crippen LogP contribution in [-0.4, -0.2) is 41.6 Å². The Bertz CT molecular complexity index is 515. The van der Waals surface area contributed by atoms with E-state index in [4.69, 9.17) is 9.84 Å². The van der Waals surface area contributed by atoms with Gasteiger partial charge in [-0.3, -0.25) is 9.69 Å². The van der Waals surface area contributed by atoms with Crippen LogP contribution in [0.15, 0.2) is 24.3 Å². The van der Waals surface area contributed by atoms with Crippen LogP contribution in [0.5, 0.6) is 0 Å². The Morgan fingerprint density at radius 2 is 2.24 bits per heavy atom. The maximum absolute atomic E-state index is 11.7. The molecule has 1 aliphatic heterocycles. The Morgan fingerprint density at radius 3 is 2.95 bits per heavy atom. The molecule has 1 aliphatic rings. The fourth-order valence-corrected chi connectivity index (χ4v) is 2.67. The second-order valence-electron chi connectivity index (χ2n) is 5.33. The summed E-state index contributed by atoms with van der Waals surface area (Å²) in [7, 11) is 0. The molecule has 0 aliphatic carbocycles. The molecule has 21 heavy (non-hydrogen) atoms. The number of nitrogens with zero attached hydrogens (tertiary/aromatic N) is 1. The molecular formula is C16H21NO4. The van der Waals surface area contributed by atoms with Crippen molar-refractivity contribution in [1.82, 2.24) is 4.90 Å². The van der Waals surface area contributed by atoms with Gasteiger partial charge in [-0.05, 0) is 44.0 Å². The number of hydrogen-bond acceptors (Lipinski definition) is 4. The lowest BCUT2D eigenvalue weighted by Crippen LogP contribution is -2.38. The number of carbonyl (C=O) groups is 2. The van der Waals surface area contributed by atoms with Crippen LogP contribution in [0.1, 0.15) is 35.7 Å². The minimum Gasteiger partial charge on any atom is -0.481 e. The third kappa shape index (κ3) is 4.29. The molecule has 2 rings (SSSR count). The van der Waals surface area contributed by atoms with E-state index in [0.717, 1.165) is 24.9 Å². The van der Waals surface area contributed by atoms with Gasteiger partial charge >= 0.3 is 11.9 Å². The van der Waals surface area contributed by atoms with Crippen LogP contribution in [0.2, 0.25) is 0 Å². The van der Waals surface area contributed by atoms with E-state index >= 15 is 0 Å². The molecule has 1 atom stereocenters. The van der Waals surface area contributed by atoms with Gasteiger partial charge in [-0.25, -0.2) is 4.79 Å². The number of esters is 1. The van der Waals surface area contributed by atoms with Crippen molar-refractivity contribution < 1.29 is 19.4 Å². The SMILES string of the molecule is CCOC(=O)c1cccc(CN2CCCC(C(=O)O)C2)c1. The van der Waals surface area contributed by atoms with Gasteiger partial charge in [-0.2, -0.15) is 0 Å². The highest BCUT2D eigenvalue weighted by atomic mass is 16.5. The Labute approximate surface area is 124 Å². The van der Waals surface area contributed by atoms with Gasteiger partial charge in [0, 0.05) is 13.1 Å². The van der Waals surface area contributed by atoms with Gasteiger partial charge in [0.1, 0.15) is 0 Å². The highest BCUT2D eigenvalue weighted by Gasteiger charge is 2.25. The van der Waals surface area contributed by atoms with Gasteiger partial charge in [0.25, 0.3) is 0 Å². The van der Waals surface area contributed by atoms with Crippen LogP contribution >= 0.6 is 0 Å². The van der Waals surface area contributed by atoms with Gasteiger partial charge < -0.3 is 9.84 Å². The molecule has 5 heteroatoms. The largest absolute Gasteiger partial charge is 0.481 e. The molecule has 5 nitrogen and oxygen atoms in total. The Balaban J connectivity index is 2.01. The normalized spacial score (nSPS) is 19.2. The minimum atomic E-state index is -0.722. The Hall–Kier alpha value is -1.88. The number of aliphatic carboxylic acids is 1. The molecule has 1 fully saturated rings. The average molecular weight is 291 g/mol. The fraction of sp³-hybridized carbons (Fsp3) is 0.500. The summed E-state index contributed by atoms with van der Waals surface area (Å²) in [6, 6.07) is 7.34. The Kier molecular flexibility index (Phi) is 5.33. The van der Waals surface area contributed by atoms with Gasteiger partial charge in [-0.1, -0.05) is 12.1 Å². The zero-order chi connectivity index (χ0) is 15.2. The predicted molar refractivity (Wildman–Crippen MR) is 78.0 cm³/mol. The highest BCUT2D eigenvalue weighted by Crippen LogP contribution is 2.19. The number of carboxylic acids is 1. The van der Waals surface area contributed by atoms with Crippen LogP contribution in [0.3, 0.4) is 0 Å². The topological polar surface area (TPSA) is 66.8 Å². The van der Waals surface area contributed by atoms with Crippen LogP contribution in [0.4, 0.5) is 0 Å². The van der Waals surface area contributed by atoms with E-state index < -0.39 is 5.97 Å². The summed E-state index contributed by atoms with van der Waals surface area (Å²) in [4.78, 5) is 24.9. The second kappa shape index (κ2) is 7.22. The Morgan fingerprint density at radius 1 is 1.43 bits per heavy atom. The van der Waals surface area contributed by atoms with E-state index in [0.29, 0.717) is 25.3 Å². The second-order valence-corrected chi connectivity index (χ2v) is 5.33. The first kappa shape index (κ1) is 15.5. The first-order valence-electron chi connectivity index (χ1n) is 7.31. The maximum Gasteiger partial charge on any atom is 0.338 e. The van der Waals surface area contributed by atoms with Crippen molar-refractivity contribution in [3.8, 4) is 0 Å². The molecule has 0 radical (unpaired) electrons. The number of rotatable bonds is 5. The molecule has 1 saturated heterocycles. The van der Waals surface area contributed by atoms with Gasteiger partial charge in [0.05, 0.1) is 18.1 Å². The number of benzene rings is 1. The van der Waals surface area contributed by atoms with E-state index in [1.165, 1.54) is 0 Å². The third-order valence-corrected chi connectivity index (χ3v) is 3.70.